The van der Waals surface area contributed by atoms with Gasteiger partial charge in [-0.05, 0) is 36.8 Å². The predicted octanol–water partition coefficient (Wildman–Crippen LogP) is 6.29. The van der Waals surface area contributed by atoms with E-state index in [4.69, 9.17) is 0 Å². The van der Waals surface area contributed by atoms with Gasteiger partial charge in [-0.3, -0.25) is 0 Å². The molecular formula is C23H18N2. The van der Waals surface area contributed by atoms with Gasteiger partial charge in [0.25, 0.3) is 0 Å². The average Bonchev–Trinajstić information content (AvgIpc) is 3.25. The van der Waals surface area contributed by atoms with Crippen molar-refractivity contribution in [3.63, 3.8) is 0 Å². The largest absolute Gasteiger partial charge is 0.355 e. The summed E-state index contributed by atoms with van der Waals surface area (Å²) in [7, 11) is 0. The number of para-hydroxylation sites is 2. The van der Waals surface area contributed by atoms with E-state index in [9.17, 15) is 0 Å². The number of aromatic amines is 2. The van der Waals surface area contributed by atoms with Crippen LogP contribution >= 0.6 is 0 Å². The van der Waals surface area contributed by atoms with Crippen molar-refractivity contribution < 1.29 is 0 Å². The Kier molecular flexibility index (Phi) is 3.04. The van der Waals surface area contributed by atoms with E-state index in [0.717, 1.165) is 11.4 Å². The van der Waals surface area contributed by atoms with Crippen LogP contribution in [-0.4, -0.2) is 9.97 Å². The maximum absolute atomic E-state index is 3.58. The van der Waals surface area contributed by atoms with Gasteiger partial charge in [0.05, 0.1) is 0 Å². The Balaban J connectivity index is 1.77. The molecule has 2 nitrogen and oxygen atoms in total. The van der Waals surface area contributed by atoms with Crippen molar-refractivity contribution in [2.75, 3.05) is 0 Å². The molecule has 120 valence electrons. The first-order chi connectivity index (χ1) is 12.3. The van der Waals surface area contributed by atoms with E-state index < -0.39 is 0 Å². The molecule has 0 amide bonds. The lowest BCUT2D eigenvalue weighted by atomic mass is 9.97. The minimum atomic E-state index is 1.15. The highest BCUT2D eigenvalue weighted by Crippen LogP contribution is 2.36. The molecule has 25 heavy (non-hydrogen) atoms. The van der Waals surface area contributed by atoms with Crippen molar-refractivity contribution in [3.8, 4) is 22.5 Å². The van der Waals surface area contributed by atoms with E-state index in [0.29, 0.717) is 0 Å². The lowest BCUT2D eigenvalue weighted by Crippen LogP contribution is -1.89. The summed E-state index contributed by atoms with van der Waals surface area (Å²) in [6, 6.07) is 27.8. The second-order valence-corrected chi connectivity index (χ2v) is 6.54. The predicted molar refractivity (Wildman–Crippen MR) is 106 cm³/mol. The normalized spacial score (nSPS) is 11.4. The van der Waals surface area contributed by atoms with Gasteiger partial charge in [-0.2, -0.15) is 0 Å². The zero-order valence-electron chi connectivity index (χ0n) is 14.0. The molecular weight excluding hydrogens is 304 g/mol. The molecule has 5 aromatic rings. The average molecular weight is 322 g/mol. The number of nitrogens with one attached hydrogen (secondary N) is 2. The van der Waals surface area contributed by atoms with Gasteiger partial charge < -0.3 is 9.97 Å². The second kappa shape index (κ2) is 5.38. The molecule has 2 heteroatoms. The summed E-state index contributed by atoms with van der Waals surface area (Å²) < 4.78 is 0. The summed E-state index contributed by atoms with van der Waals surface area (Å²) in [5.74, 6) is 0. The maximum atomic E-state index is 3.58. The van der Waals surface area contributed by atoms with Crippen LogP contribution in [0.15, 0.2) is 78.9 Å². The highest BCUT2D eigenvalue weighted by Gasteiger charge is 2.14. The third-order valence-electron chi connectivity index (χ3n) is 4.89. The summed E-state index contributed by atoms with van der Waals surface area (Å²) in [4.78, 5) is 7.15. The van der Waals surface area contributed by atoms with Crippen LogP contribution in [0.25, 0.3) is 44.3 Å². The number of benzene rings is 3. The van der Waals surface area contributed by atoms with Crippen LogP contribution in [0.2, 0.25) is 0 Å². The Morgan fingerprint density at radius 2 is 1.20 bits per heavy atom. The van der Waals surface area contributed by atoms with Gasteiger partial charge in [0.2, 0.25) is 0 Å². The summed E-state index contributed by atoms with van der Waals surface area (Å²) in [5, 5.41) is 2.48. The molecule has 0 aliphatic carbocycles. The molecule has 2 aromatic heterocycles. The van der Waals surface area contributed by atoms with E-state index in [1.54, 1.807) is 0 Å². The smallest absolute Gasteiger partial charge is 0.0474 e. The van der Waals surface area contributed by atoms with Crippen LogP contribution in [0.5, 0.6) is 0 Å². The summed E-state index contributed by atoms with van der Waals surface area (Å²) >= 11 is 0. The lowest BCUT2D eigenvalue weighted by molar-refractivity contribution is 1.37. The number of aromatic nitrogens is 2. The molecule has 0 fully saturated rings. The van der Waals surface area contributed by atoms with Crippen LogP contribution in [0.1, 0.15) is 5.56 Å². The number of hydrogen-bond acceptors (Lipinski definition) is 0. The minimum Gasteiger partial charge on any atom is -0.355 e. The fourth-order valence-corrected chi connectivity index (χ4v) is 3.68. The molecule has 0 bridgehead atoms. The van der Waals surface area contributed by atoms with Gasteiger partial charge in [-0.15, -0.1) is 0 Å². The molecule has 0 aliphatic rings. The van der Waals surface area contributed by atoms with Gasteiger partial charge in [-0.25, -0.2) is 0 Å². The number of fused-ring (bicyclic) bond motifs is 2. The second-order valence-electron chi connectivity index (χ2n) is 6.54. The lowest BCUT2D eigenvalue weighted by Gasteiger charge is -2.10. The summed E-state index contributed by atoms with van der Waals surface area (Å²) in [6.45, 7) is 2.17. The molecule has 0 saturated carbocycles. The van der Waals surface area contributed by atoms with E-state index in [2.05, 4.69) is 95.8 Å². The number of hydrogen-bond donors (Lipinski definition) is 2. The minimum absolute atomic E-state index is 1.15. The Labute approximate surface area is 146 Å². The van der Waals surface area contributed by atoms with E-state index in [-0.39, 0.29) is 0 Å². The van der Waals surface area contributed by atoms with Crippen LogP contribution in [-0.2, 0) is 0 Å². The Morgan fingerprint density at radius 1 is 0.600 bits per heavy atom. The van der Waals surface area contributed by atoms with Gasteiger partial charge >= 0.3 is 0 Å². The van der Waals surface area contributed by atoms with E-state index in [1.807, 2.05) is 0 Å². The maximum Gasteiger partial charge on any atom is 0.0474 e. The molecule has 5 rings (SSSR count). The number of aryl methyl sites for hydroxylation is 1. The van der Waals surface area contributed by atoms with Crippen LogP contribution in [0.4, 0.5) is 0 Å². The monoisotopic (exact) mass is 322 g/mol. The van der Waals surface area contributed by atoms with Crippen molar-refractivity contribution in [2.45, 2.75) is 6.92 Å². The molecule has 2 heterocycles. The first kappa shape index (κ1) is 14.1. The van der Waals surface area contributed by atoms with Gasteiger partial charge in [0, 0.05) is 44.3 Å². The summed E-state index contributed by atoms with van der Waals surface area (Å²) in [5.41, 5.74) is 8.40. The Hall–Kier alpha value is -3.26. The highest BCUT2D eigenvalue weighted by atomic mass is 14.7. The van der Waals surface area contributed by atoms with Crippen molar-refractivity contribution in [2.24, 2.45) is 0 Å². The van der Waals surface area contributed by atoms with E-state index >= 15 is 0 Å². The van der Waals surface area contributed by atoms with Crippen LogP contribution in [0.3, 0.4) is 0 Å². The molecule has 3 aromatic carbocycles. The van der Waals surface area contributed by atoms with Crippen molar-refractivity contribution in [1.82, 2.24) is 9.97 Å². The Bertz CT molecular complexity index is 1140. The zero-order chi connectivity index (χ0) is 16.8. The molecule has 0 saturated heterocycles. The van der Waals surface area contributed by atoms with E-state index in [1.165, 1.54) is 38.5 Å². The number of H-pyrrole nitrogens is 2. The number of rotatable bonds is 2. The zero-order valence-corrected chi connectivity index (χ0v) is 14.0. The molecule has 0 radical (unpaired) electrons. The summed E-state index contributed by atoms with van der Waals surface area (Å²) in [6.07, 6.45) is 0. The van der Waals surface area contributed by atoms with Crippen molar-refractivity contribution >= 4 is 21.8 Å². The molecule has 0 aliphatic heterocycles. The molecule has 0 unspecified atom stereocenters. The molecule has 0 atom stereocenters. The van der Waals surface area contributed by atoms with Crippen LogP contribution < -0.4 is 0 Å². The van der Waals surface area contributed by atoms with Gasteiger partial charge in [-0.1, -0.05) is 54.6 Å². The molecule has 2 N–H and O–H groups in total. The topological polar surface area (TPSA) is 31.6 Å². The third kappa shape index (κ3) is 2.26. The Morgan fingerprint density at radius 3 is 1.88 bits per heavy atom. The fraction of sp³-hybridized carbons (Fsp3) is 0.0435. The standard InChI is InChI=1S/C23H18N2/c1-15-7-6-10-18(21-13-16-8-2-4-11-19(16)24-21)23(15)22-14-17-9-3-5-12-20(17)25-22/h2-14,24-25H,1H3. The van der Waals surface area contributed by atoms with Gasteiger partial charge in [0.1, 0.15) is 0 Å². The first-order valence-corrected chi connectivity index (χ1v) is 8.55. The van der Waals surface area contributed by atoms with Crippen molar-refractivity contribution in [1.29, 1.82) is 0 Å². The third-order valence-corrected chi connectivity index (χ3v) is 4.89. The molecule has 0 spiro atoms. The SMILES string of the molecule is Cc1cccc(-c2cc3ccccc3[nH]2)c1-c1cc2ccccc2[nH]1. The quantitative estimate of drug-likeness (QED) is 0.383. The fourth-order valence-electron chi connectivity index (χ4n) is 3.68. The van der Waals surface area contributed by atoms with Crippen molar-refractivity contribution in [3.05, 3.63) is 84.4 Å². The van der Waals surface area contributed by atoms with Gasteiger partial charge in [0.15, 0.2) is 0 Å². The first-order valence-electron chi connectivity index (χ1n) is 8.55. The van der Waals surface area contributed by atoms with Crippen LogP contribution in [0, 0.1) is 6.92 Å². The highest BCUT2D eigenvalue weighted by molar-refractivity contribution is 5.94.